The van der Waals surface area contributed by atoms with Gasteiger partial charge in [0.2, 0.25) is 0 Å². The molecule has 0 amide bonds. The molecule has 0 N–H and O–H groups in total. The van der Waals surface area contributed by atoms with Crippen molar-refractivity contribution in [3.05, 3.63) is 47.0 Å². The molecule has 0 atom stereocenters. The van der Waals surface area contributed by atoms with E-state index in [0.29, 0.717) is 0 Å². The quantitative estimate of drug-likeness (QED) is 0.728. The number of aryl methyl sites for hydroxylation is 1. The second-order valence-electron chi connectivity index (χ2n) is 7.70. The summed E-state index contributed by atoms with van der Waals surface area (Å²) in [6, 6.07) is 6.62. The Morgan fingerprint density at radius 2 is 1.62 bits per heavy atom. The zero-order chi connectivity index (χ0) is 16.0. The van der Waals surface area contributed by atoms with Gasteiger partial charge < -0.3 is 0 Å². The molecule has 2 aromatic rings. The van der Waals surface area contributed by atoms with Crippen molar-refractivity contribution in [3.63, 3.8) is 0 Å². The molecule has 1 aromatic carbocycles. The molecule has 2 nitrogen and oxygen atoms in total. The van der Waals surface area contributed by atoms with Crippen LogP contribution in [0.3, 0.4) is 0 Å². The van der Waals surface area contributed by atoms with Crippen LogP contribution in [0, 0.1) is 12.7 Å². The van der Waals surface area contributed by atoms with Gasteiger partial charge in [0, 0.05) is 11.0 Å². The van der Waals surface area contributed by atoms with Crippen LogP contribution in [0.5, 0.6) is 0 Å². The molecule has 0 bridgehead atoms. The van der Waals surface area contributed by atoms with E-state index in [4.69, 9.17) is 5.10 Å². The van der Waals surface area contributed by atoms with Gasteiger partial charge >= 0.3 is 0 Å². The molecular formula is C18H25FN2. The molecule has 0 aliphatic rings. The van der Waals surface area contributed by atoms with Crippen LogP contribution in [0.2, 0.25) is 0 Å². The van der Waals surface area contributed by atoms with Crippen molar-refractivity contribution in [1.29, 1.82) is 0 Å². The SMILES string of the molecule is Cc1nn(-c2cccc(F)c2)c(C(C)(C)C)c1C(C)(C)C. The lowest BCUT2D eigenvalue weighted by molar-refractivity contribution is 0.505. The van der Waals surface area contributed by atoms with Gasteiger partial charge in [-0.2, -0.15) is 5.10 Å². The average molecular weight is 288 g/mol. The third-order valence-electron chi connectivity index (χ3n) is 3.57. The molecule has 114 valence electrons. The van der Waals surface area contributed by atoms with E-state index in [-0.39, 0.29) is 16.6 Å². The minimum absolute atomic E-state index is 0.00171. The van der Waals surface area contributed by atoms with E-state index >= 15 is 0 Å². The van der Waals surface area contributed by atoms with Crippen LogP contribution in [0.1, 0.15) is 58.5 Å². The van der Waals surface area contributed by atoms with Gasteiger partial charge in [0.1, 0.15) is 5.82 Å². The number of hydrogen-bond donors (Lipinski definition) is 0. The van der Waals surface area contributed by atoms with Crippen molar-refractivity contribution in [2.75, 3.05) is 0 Å². The monoisotopic (exact) mass is 288 g/mol. The first kappa shape index (κ1) is 15.7. The molecular weight excluding hydrogens is 263 g/mol. The van der Waals surface area contributed by atoms with E-state index in [0.717, 1.165) is 17.1 Å². The highest BCUT2D eigenvalue weighted by atomic mass is 19.1. The topological polar surface area (TPSA) is 17.8 Å². The molecule has 1 heterocycles. The van der Waals surface area contributed by atoms with Gasteiger partial charge in [-0.3, -0.25) is 0 Å². The van der Waals surface area contributed by atoms with E-state index in [1.807, 2.05) is 17.7 Å². The van der Waals surface area contributed by atoms with Crippen LogP contribution < -0.4 is 0 Å². The number of benzene rings is 1. The van der Waals surface area contributed by atoms with Crippen LogP contribution >= 0.6 is 0 Å². The first-order valence-corrected chi connectivity index (χ1v) is 7.38. The third kappa shape index (κ3) is 3.02. The van der Waals surface area contributed by atoms with Crippen molar-refractivity contribution >= 4 is 0 Å². The van der Waals surface area contributed by atoms with Gasteiger partial charge in [-0.1, -0.05) is 47.6 Å². The molecule has 0 unspecified atom stereocenters. The van der Waals surface area contributed by atoms with Crippen molar-refractivity contribution < 1.29 is 4.39 Å². The van der Waals surface area contributed by atoms with Crippen molar-refractivity contribution in [3.8, 4) is 5.69 Å². The van der Waals surface area contributed by atoms with Gasteiger partial charge in [-0.15, -0.1) is 0 Å². The van der Waals surface area contributed by atoms with Crippen molar-refractivity contribution in [2.45, 2.75) is 59.3 Å². The fourth-order valence-electron chi connectivity index (χ4n) is 2.91. The largest absolute Gasteiger partial charge is 0.237 e. The lowest BCUT2D eigenvalue weighted by Gasteiger charge is -2.28. The molecule has 0 saturated heterocycles. The Balaban J connectivity index is 2.80. The molecule has 3 heteroatoms. The summed E-state index contributed by atoms with van der Waals surface area (Å²) in [6.45, 7) is 15.1. The molecule has 0 fully saturated rings. The Kier molecular flexibility index (Phi) is 3.73. The minimum atomic E-state index is -0.238. The zero-order valence-electron chi connectivity index (χ0n) is 14.1. The van der Waals surface area contributed by atoms with Crippen LogP contribution in [0.4, 0.5) is 4.39 Å². The van der Waals surface area contributed by atoms with E-state index < -0.39 is 0 Å². The van der Waals surface area contributed by atoms with E-state index in [1.54, 1.807) is 6.07 Å². The fourth-order valence-corrected chi connectivity index (χ4v) is 2.91. The molecule has 2 rings (SSSR count). The van der Waals surface area contributed by atoms with Crippen molar-refractivity contribution in [2.24, 2.45) is 0 Å². The molecule has 0 saturated carbocycles. The van der Waals surface area contributed by atoms with Crippen LogP contribution in [0.15, 0.2) is 24.3 Å². The Bertz CT molecular complexity index is 655. The van der Waals surface area contributed by atoms with Crippen LogP contribution in [-0.4, -0.2) is 9.78 Å². The number of hydrogen-bond acceptors (Lipinski definition) is 1. The smallest absolute Gasteiger partial charge is 0.125 e. The first-order chi connectivity index (χ1) is 9.51. The predicted molar refractivity (Wildman–Crippen MR) is 85.7 cm³/mol. The van der Waals surface area contributed by atoms with E-state index in [2.05, 4.69) is 41.5 Å². The molecule has 21 heavy (non-hydrogen) atoms. The number of nitrogens with zero attached hydrogens (tertiary/aromatic N) is 2. The third-order valence-corrected chi connectivity index (χ3v) is 3.57. The van der Waals surface area contributed by atoms with Crippen LogP contribution in [0.25, 0.3) is 5.69 Å². The highest BCUT2D eigenvalue weighted by molar-refractivity contribution is 5.43. The highest BCUT2D eigenvalue weighted by Crippen LogP contribution is 2.37. The Morgan fingerprint density at radius 1 is 1.00 bits per heavy atom. The number of halogens is 1. The summed E-state index contributed by atoms with van der Waals surface area (Å²) in [6.07, 6.45) is 0. The standard InChI is InChI=1S/C18H25FN2/c1-12-15(17(2,3)4)16(18(5,6)7)21(20-12)14-10-8-9-13(19)11-14/h8-11H,1-7H3. The highest BCUT2D eigenvalue weighted by Gasteiger charge is 2.32. The summed E-state index contributed by atoms with van der Waals surface area (Å²) in [5.41, 5.74) is 4.11. The van der Waals surface area contributed by atoms with Gasteiger partial charge in [0.15, 0.2) is 0 Å². The second kappa shape index (κ2) is 4.97. The maximum absolute atomic E-state index is 13.6. The molecule has 0 spiro atoms. The molecule has 0 aliphatic carbocycles. The average Bonchev–Trinajstić information content (AvgIpc) is 2.66. The number of aromatic nitrogens is 2. The van der Waals surface area contributed by atoms with Gasteiger partial charge in [0.25, 0.3) is 0 Å². The number of rotatable bonds is 1. The zero-order valence-corrected chi connectivity index (χ0v) is 14.1. The van der Waals surface area contributed by atoms with Gasteiger partial charge in [-0.25, -0.2) is 9.07 Å². The van der Waals surface area contributed by atoms with E-state index in [1.165, 1.54) is 17.7 Å². The Labute approximate surface area is 127 Å². The maximum Gasteiger partial charge on any atom is 0.125 e. The second-order valence-corrected chi connectivity index (χ2v) is 7.70. The van der Waals surface area contributed by atoms with E-state index in [9.17, 15) is 4.39 Å². The summed E-state index contributed by atoms with van der Waals surface area (Å²) in [5.74, 6) is -0.238. The maximum atomic E-state index is 13.6. The summed E-state index contributed by atoms with van der Waals surface area (Å²) >= 11 is 0. The summed E-state index contributed by atoms with van der Waals surface area (Å²) < 4.78 is 15.5. The van der Waals surface area contributed by atoms with Gasteiger partial charge in [0.05, 0.1) is 17.1 Å². The summed E-state index contributed by atoms with van der Waals surface area (Å²) in [4.78, 5) is 0. The predicted octanol–water partition coefficient (Wildman–Crippen LogP) is 4.91. The van der Waals surface area contributed by atoms with Gasteiger partial charge in [-0.05, 0) is 30.5 Å². The Morgan fingerprint density at radius 3 is 2.10 bits per heavy atom. The normalized spacial score (nSPS) is 12.8. The molecule has 0 aliphatic heterocycles. The lowest BCUT2D eigenvalue weighted by atomic mass is 9.78. The molecule has 1 aromatic heterocycles. The fraction of sp³-hybridized carbons (Fsp3) is 0.500. The molecule has 0 radical (unpaired) electrons. The minimum Gasteiger partial charge on any atom is -0.237 e. The Hall–Kier alpha value is -1.64. The summed E-state index contributed by atoms with van der Waals surface area (Å²) in [5, 5.41) is 4.70. The van der Waals surface area contributed by atoms with Crippen molar-refractivity contribution in [1.82, 2.24) is 9.78 Å². The first-order valence-electron chi connectivity index (χ1n) is 7.38. The summed E-state index contributed by atoms with van der Waals surface area (Å²) in [7, 11) is 0. The lowest BCUT2D eigenvalue weighted by Crippen LogP contribution is -2.24. The van der Waals surface area contributed by atoms with Crippen LogP contribution in [-0.2, 0) is 10.8 Å².